The normalized spacial score (nSPS) is 10.3. The van der Waals surface area contributed by atoms with Gasteiger partial charge in [-0.25, -0.2) is 4.98 Å². The van der Waals surface area contributed by atoms with E-state index < -0.39 is 0 Å². The second kappa shape index (κ2) is 8.88. The lowest BCUT2D eigenvalue weighted by Crippen LogP contribution is -2.35. The van der Waals surface area contributed by atoms with Crippen molar-refractivity contribution in [2.75, 3.05) is 19.8 Å². The van der Waals surface area contributed by atoms with Crippen molar-refractivity contribution < 1.29 is 9.15 Å². The smallest absolute Gasteiger partial charge is 0.213 e. The highest BCUT2D eigenvalue weighted by atomic mass is 32.1. The fourth-order valence-corrected chi connectivity index (χ4v) is 1.51. The number of hydrogen-bond acceptors (Lipinski definition) is 4. The lowest BCUT2D eigenvalue weighted by molar-refractivity contribution is 0.145. The first-order valence-corrected chi connectivity index (χ1v) is 6.70. The topological polar surface area (TPSA) is 59.3 Å². The standard InChI is InChI=1S/C12H21N3O2S/c1-3-10-8-14-11(17-10)9-15-12(18)13-6-5-7-16-4-2/h8H,3-7,9H2,1-2H3,(H2,13,15,18). The first-order valence-electron chi connectivity index (χ1n) is 6.29. The predicted molar refractivity (Wildman–Crippen MR) is 74.4 cm³/mol. The number of nitrogens with one attached hydrogen (secondary N) is 2. The number of rotatable bonds is 8. The maximum atomic E-state index is 5.46. The van der Waals surface area contributed by atoms with E-state index >= 15 is 0 Å². The molecule has 1 aromatic heterocycles. The van der Waals surface area contributed by atoms with Gasteiger partial charge in [-0.3, -0.25) is 0 Å². The Morgan fingerprint density at radius 3 is 2.94 bits per heavy atom. The molecule has 5 nitrogen and oxygen atoms in total. The number of aromatic nitrogens is 1. The first kappa shape index (κ1) is 14.9. The van der Waals surface area contributed by atoms with Gasteiger partial charge in [-0.05, 0) is 25.6 Å². The minimum Gasteiger partial charge on any atom is -0.444 e. The lowest BCUT2D eigenvalue weighted by atomic mass is 10.4. The van der Waals surface area contributed by atoms with Gasteiger partial charge in [-0.1, -0.05) is 6.92 Å². The van der Waals surface area contributed by atoms with E-state index in [2.05, 4.69) is 15.6 Å². The van der Waals surface area contributed by atoms with Crippen LogP contribution in [0, 0.1) is 0 Å². The molecule has 18 heavy (non-hydrogen) atoms. The predicted octanol–water partition coefficient (Wildman–Crippen LogP) is 1.63. The van der Waals surface area contributed by atoms with E-state index in [1.807, 2.05) is 13.8 Å². The van der Waals surface area contributed by atoms with Gasteiger partial charge in [-0.15, -0.1) is 0 Å². The summed E-state index contributed by atoms with van der Waals surface area (Å²) in [5.74, 6) is 1.55. The first-order chi connectivity index (χ1) is 8.76. The van der Waals surface area contributed by atoms with E-state index in [0.29, 0.717) is 17.5 Å². The van der Waals surface area contributed by atoms with Crippen molar-refractivity contribution in [2.45, 2.75) is 33.2 Å². The molecule has 102 valence electrons. The maximum Gasteiger partial charge on any atom is 0.213 e. The van der Waals surface area contributed by atoms with E-state index in [4.69, 9.17) is 21.4 Å². The van der Waals surface area contributed by atoms with Crippen LogP contribution >= 0.6 is 12.2 Å². The molecule has 0 atom stereocenters. The van der Waals surface area contributed by atoms with Crippen LogP contribution in [0.1, 0.15) is 31.9 Å². The number of aryl methyl sites for hydroxylation is 1. The molecule has 0 amide bonds. The molecule has 0 saturated heterocycles. The largest absolute Gasteiger partial charge is 0.444 e. The Morgan fingerprint density at radius 1 is 1.44 bits per heavy atom. The average molecular weight is 271 g/mol. The van der Waals surface area contributed by atoms with Crippen molar-refractivity contribution in [3.05, 3.63) is 17.8 Å². The van der Waals surface area contributed by atoms with Crippen molar-refractivity contribution in [3.63, 3.8) is 0 Å². The number of oxazole rings is 1. The maximum absolute atomic E-state index is 5.46. The third-order valence-corrected chi connectivity index (χ3v) is 2.59. The second-order valence-corrected chi connectivity index (χ2v) is 4.14. The van der Waals surface area contributed by atoms with Crippen LogP contribution in [0.4, 0.5) is 0 Å². The molecule has 0 aliphatic heterocycles. The van der Waals surface area contributed by atoms with E-state index in [-0.39, 0.29) is 0 Å². The molecule has 0 fully saturated rings. The molecule has 0 aliphatic rings. The van der Waals surface area contributed by atoms with E-state index in [9.17, 15) is 0 Å². The van der Waals surface area contributed by atoms with Gasteiger partial charge in [0.2, 0.25) is 5.89 Å². The van der Waals surface area contributed by atoms with Crippen LogP contribution < -0.4 is 10.6 Å². The van der Waals surface area contributed by atoms with Crippen LogP contribution in [-0.2, 0) is 17.7 Å². The zero-order valence-corrected chi connectivity index (χ0v) is 11.8. The summed E-state index contributed by atoms with van der Waals surface area (Å²) in [6.07, 6.45) is 3.54. The van der Waals surface area contributed by atoms with Crippen LogP contribution in [0.5, 0.6) is 0 Å². The van der Waals surface area contributed by atoms with Gasteiger partial charge in [0.15, 0.2) is 5.11 Å². The van der Waals surface area contributed by atoms with Crippen molar-refractivity contribution in [3.8, 4) is 0 Å². The number of thiocarbonyl (C=S) groups is 1. The molecular weight excluding hydrogens is 250 g/mol. The molecule has 0 unspecified atom stereocenters. The van der Waals surface area contributed by atoms with Crippen molar-refractivity contribution in [2.24, 2.45) is 0 Å². The summed E-state index contributed by atoms with van der Waals surface area (Å²) < 4.78 is 10.7. The highest BCUT2D eigenvalue weighted by molar-refractivity contribution is 7.80. The zero-order valence-electron chi connectivity index (χ0n) is 11.0. The highest BCUT2D eigenvalue weighted by Crippen LogP contribution is 2.03. The fraction of sp³-hybridized carbons (Fsp3) is 0.667. The van der Waals surface area contributed by atoms with Gasteiger partial charge >= 0.3 is 0 Å². The molecular formula is C12H21N3O2S. The number of ether oxygens (including phenoxy) is 1. The van der Waals surface area contributed by atoms with Gasteiger partial charge in [0.05, 0.1) is 12.7 Å². The lowest BCUT2D eigenvalue weighted by Gasteiger charge is -2.08. The molecule has 0 saturated carbocycles. The quantitative estimate of drug-likeness (QED) is 0.553. The van der Waals surface area contributed by atoms with Crippen LogP contribution in [0.25, 0.3) is 0 Å². The van der Waals surface area contributed by atoms with Crippen molar-refractivity contribution in [1.82, 2.24) is 15.6 Å². The Morgan fingerprint density at radius 2 is 2.28 bits per heavy atom. The van der Waals surface area contributed by atoms with Gasteiger partial charge in [0, 0.05) is 26.2 Å². The Hall–Kier alpha value is -1.14. The molecule has 0 aliphatic carbocycles. The summed E-state index contributed by atoms with van der Waals surface area (Å²) in [4.78, 5) is 4.14. The third kappa shape index (κ3) is 5.97. The monoisotopic (exact) mass is 271 g/mol. The molecule has 1 rings (SSSR count). The summed E-state index contributed by atoms with van der Waals surface area (Å²) in [6, 6.07) is 0. The molecule has 0 radical (unpaired) electrons. The Balaban J connectivity index is 2.09. The van der Waals surface area contributed by atoms with Gasteiger partial charge in [0.25, 0.3) is 0 Å². The molecule has 2 N–H and O–H groups in total. The summed E-state index contributed by atoms with van der Waals surface area (Å²) in [5, 5.41) is 6.77. The average Bonchev–Trinajstić information content (AvgIpc) is 2.84. The minimum absolute atomic E-state index is 0.511. The molecule has 1 aromatic rings. The van der Waals surface area contributed by atoms with Crippen LogP contribution in [0.2, 0.25) is 0 Å². The van der Waals surface area contributed by atoms with Crippen LogP contribution in [0.3, 0.4) is 0 Å². The van der Waals surface area contributed by atoms with E-state index in [1.54, 1.807) is 6.20 Å². The Kier molecular flexibility index (Phi) is 7.36. The molecule has 1 heterocycles. The van der Waals surface area contributed by atoms with Crippen molar-refractivity contribution >= 4 is 17.3 Å². The SMILES string of the molecule is CCOCCCNC(=S)NCc1ncc(CC)o1. The Bertz CT molecular complexity index is 355. The molecule has 0 bridgehead atoms. The summed E-state index contributed by atoms with van der Waals surface area (Å²) in [7, 11) is 0. The molecule has 0 spiro atoms. The molecule has 6 heteroatoms. The van der Waals surface area contributed by atoms with Crippen LogP contribution in [0.15, 0.2) is 10.6 Å². The Labute approximate surface area is 113 Å². The second-order valence-electron chi connectivity index (χ2n) is 3.73. The van der Waals surface area contributed by atoms with Gasteiger partial charge < -0.3 is 19.8 Å². The minimum atomic E-state index is 0.511. The van der Waals surface area contributed by atoms with Gasteiger partial charge in [-0.2, -0.15) is 0 Å². The number of hydrogen-bond donors (Lipinski definition) is 2. The summed E-state index contributed by atoms with van der Waals surface area (Å²) in [6.45, 7) is 6.84. The van der Waals surface area contributed by atoms with E-state index in [0.717, 1.165) is 38.4 Å². The van der Waals surface area contributed by atoms with Crippen LogP contribution in [-0.4, -0.2) is 29.9 Å². The fourth-order valence-electron chi connectivity index (χ4n) is 1.33. The zero-order chi connectivity index (χ0) is 13.2. The van der Waals surface area contributed by atoms with E-state index in [1.165, 1.54) is 0 Å². The third-order valence-electron chi connectivity index (χ3n) is 2.31. The summed E-state index contributed by atoms with van der Waals surface area (Å²) in [5.41, 5.74) is 0. The highest BCUT2D eigenvalue weighted by Gasteiger charge is 2.02. The molecule has 0 aromatic carbocycles. The van der Waals surface area contributed by atoms with Crippen molar-refractivity contribution in [1.29, 1.82) is 0 Å². The number of nitrogens with zero attached hydrogens (tertiary/aromatic N) is 1. The van der Waals surface area contributed by atoms with Gasteiger partial charge in [0.1, 0.15) is 5.76 Å². The summed E-state index contributed by atoms with van der Waals surface area (Å²) >= 11 is 5.13.